The van der Waals surface area contributed by atoms with Crippen molar-refractivity contribution < 1.29 is 14.3 Å². The molecule has 2 rings (SSSR count). The van der Waals surface area contributed by atoms with Gasteiger partial charge in [-0.25, -0.2) is 0 Å². The topological polar surface area (TPSA) is 67.4 Å². The molecule has 0 aromatic heterocycles. The van der Waals surface area contributed by atoms with Gasteiger partial charge in [0, 0.05) is 13.5 Å². The highest BCUT2D eigenvalue weighted by Crippen LogP contribution is 2.23. The second kappa shape index (κ2) is 7.83. The van der Waals surface area contributed by atoms with Gasteiger partial charge < -0.3 is 15.4 Å². The van der Waals surface area contributed by atoms with Gasteiger partial charge in [0.25, 0.3) is 5.91 Å². The molecule has 0 aliphatic carbocycles. The monoisotopic (exact) mass is 298 g/mol. The fourth-order valence-corrected chi connectivity index (χ4v) is 1.88. The van der Waals surface area contributed by atoms with E-state index in [0.717, 1.165) is 5.56 Å². The molecule has 0 bridgehead atoms. The average molecular weight is 298 g/mol. The zero-order valence-electron chi connectivity index (χ0n) is 12.3. The number of rotatable bonds is 6. The summed E-state index contributed by atoms with van der Waals surface area (Å²) in [6.07, 6.45) is 0. The van der Waals surface area contributed by atoms with E-state index in [1.165, 1.54) is 6.92 Å². The van der Waals surface area contributed by atoms with Crippen molar-refractivity contribution in [2.75, 3.05) is 11.9 Å². The highest BCUT2D eigenvalue weighted by atomic mass is 16.5. The highest BCUT2D eigenvalue weighted by molar-refractivity contribution is 5.90. The largest absolute Gasteiger partial charge is 0.482 e. The first kappa shape index (κ1) is 15.6. The van der Waals surface area contributed by atoms with E-state index in [0.29, 0.717) is 18.0 Å². The third-order valence-electron chi connectivity index (χ3n) is 2.89. The van der Waals surface area contributed by atoms with Crippen LogP contribution in [0.1, 0.15) is 12.5 Å². The van der Waals surface area contributed by atoms with Crippen molar-refractivity contribution in [2.24, 2.45) is 0 Å². The lowest BCUT2D eigenvalue weighted by atomic mass is 10.2. The SMILES string of the molecule is CC(=O)Nc1ccccc1OCC(=O)NCc1ccccc1. The third-order valence-corrected chi connectivity index (χ3v) is 2.89. The molecule has 22 heavy (non-hydrogen) atoms. The summed E-state index contributed by atoms with van der Waals surface area (Å²) < 4.78 is 5.46. The van der Waals surface area contributed by atoms with Crippen LogP contribution in [0.25, 0.3) is 0 Å². The van der Waals surface area contributed by atoms with Crippen LogP contribution in [0.2, 0.25) is 0 Å². The number of para-hydroxylation sites is 2. The Hall–Kier alpha value is -2.82. The summed E-state index contributed by atoms with van der Waals surface area (Å²) in [5, 5.41) is 5.44. The molecule has 0 saturated carbocycles. The maximum Gasteiger partial charge on any atom is 0.258 e. The molecule has 2 aromatic rings. The van der Waals surface area contributed by atoms with Crippen molar-refractivity contribution in [1.82, 2.24) is 5.32 Å². The Morgan fingerprint density at radius 3 is 2.41 bits per heavy atom. The van der Waals surface area contributed by atoms with Gasteiger partial charge in [-0.2, -0.15) is 0 Å². The van der Waals surface area contributed by atoms with Crippen LogP contribution in [0.15, 0.2) is 54.6 Å². The van der Waals surface area contributed by atoms with Gasteiger partial charge >= 0.3 is 0 Å². The number of hydrogen-bond donors (Lipinski definition) is 2. The lowest BCUT2D eigenvalue weighted by Gasteiger charge is -2.11. The van der Waals surface area contributed by atoms with E-state index < -0.39 is 0 Å². The standard InChI is InChI=1S/C17H18N2O3/c1-13(20)19-15-9-5-6-10-16(15)22-12-17(21)18-11-14-7-3-2-4-8-14/h2-10H,11-12H2,1H3,(H,18,21)(H,19,20). The number of amides is 2. The maximum absolute atomic E-state index is 11.8. The quantitative estimate of drug-likeness (QED) is 0.860. The fourth-order valence-electron chi connectivity index (χ4n) is 1.88. The van der Waals surface area contributed by atoms with Gasteiger partial charge in [-0.15, -0.1) is 0 Å². The minimum Gasteiger partial charge on any atom is -0.482 e. The number of carbonyl (C=O) groups is 2. The van der Waals surface area contributed by atoms with Crippen LogP contribution in [-0.2, 0) is 16.1 Å². The van der Waals surface area contributed by atoms with Crippen LogP contribution < -0.4 is 15.4 Å². The molecule has 0 radical (unpaired) electrons. The van der Waals surface area contributed by atoms with Crippen LogP contribution in [0.4, 0.5) is 5.69 Å². The van der Waals surface area contributed by atoms with Crippen molar-refractivity contribution in [2.45, 2.75) is 13.5 Å². The average Bonchev–Trinajstić information content (AvgIpc) is 2.52. The predicted molar refractivity (Wildman–Crippen MR) is 84.5 cm³/mol. The minimum atomic E-state index is -0.221. The maximum atomic E-state index is 11.8. The van der Waals surface area contributed by atoms with Gasteiger partial charge in [0.2, 0.25) is 5.91 Å². The Bertz CT molecular complexity index is 641. The number of anilines is 1. The molecule has 0 fully saturated rings. The Kier molecular flexibility index (Phi) is 5.54. The summed E-state index contributed by atoms with van der Waals surface area (Å²) in [6.45, 7) is 1.77. The molecule has 0 heterocycles. The van der Waals surface area contributed by atoms with E-state index in [1.54, 1.807) is 24.3 Å². The summed E-state index contributed by atoms with van der Waals surface area (Å²) in [6, 6.07) is 16.6. The molecule has 0 atom stereocenters. The Labute approximate surface area is 129 Å². The summed E-state index contributed by atoms with van der Waals surface area (Å²) in [5.41, 5.74) is 1.57. The first-order valence-corrected chi connectivity index (χ1v) is 6.95. The van der Waals surface area contributed by atoms with Crippen molar-refractivity contribution in [3.63, 3.8) is 0 Å². The van der Waals surface area contributed by atoms with Gasteiger partial charge in [-0.1, -0.05) is 42.5 Å². The zero-order chi connectivity index (χ0) is 15.8. The molecule has 2 aromatic carbocycles. The van der Waals surface area contributed by atoms with Crippen LogP contribution in [0.5, 0.6) is 5.75 Å². The molecule has 0 spiro atoms. The summed E-state index contributed by atoms with van der Waals surface area (Å²) in [5.74, 6) is 0.0543. The van der Waals surface area contributed by atoms with Gasteiger partial charge in [0.15, 0.2) is 6.61 Å². The summed E-state index contributed by atoms with van der Waals surface area (Å²) in [7, 11) is 0. The van der Waals surface area contributed by atoms with Crippen LogP contribution in [-0.4, -0.2) is 18.4 Å². The second-order valence-electron chi connectivity index (χ2n) is 4.73. The lowest BCUT2D eigenvalue weighted by molar-refractivity contribution is -0.123. The van der Waals surface area contributed by atoms with Gasteiger partial charge in [0.05, 0.1) is 5.69 Å². The van der Waals surface area contributed by atoms with E-state index in [1.807, 2.05) is 30.3 Å². The molecule has 0 aliphatic rings. The Morgan fingerprint density at radius 1 is 1.00 bits per heavy atom. The summed E-state index contributed by atoms with van der Waals surface area (Å²) in [4.78, 5) is 22.9. The van der Waals surface area contributed by atoms with Gasteiger partial charge in [-0.05, 0) is 17.7 Å². The van der Waals surface area contributed by atoms with Crippen molar-refractivity contribution in [3.8, 4) is 5.75 Å². The first-order valence-electron chi connectivity index (χ1n) is 6.95. The molecule has 2 amide bonds. The molecule has 0 saturated heterocycles. The fraction of sp³-hybridized carbons (Fsp3) is 0.176. The molecular formula is C17H18N2O3. The second-order valence-corrected chi connectivity index (χ2v) is 4.73. The van der Waals surface area contributed by atoms with E-state index in [2.05, 4.69) is 10.6 Å². The predicted octanol–water partition coefficient (Wildman–Crippen LogP) is 2.34. The number of benzene rings is 2. The van der Waals surface area contributed by atoms with E-state index in [-0.39, 0.29) is 18.4 Å². The van der Waals surface area contributed by atoms with Gasteiger partial charge in [-0.3, -0.25) is 9.59 Å². The summed E-state index contributed by atoms with van der Waals surface area (Å²) >= 11 is 0. The van der Waals surface area contributed by atoms with Crippen molar-refractivity contribution in [3.05, 3.63) is 60.2 Å². The molecule has 5 nitrogen and oxygen atoms in total. The molecule has 0 unspecified atom stereocenters. The Morgan fingerprint density at radius 2 is 1.68 bits per heavy atom. The van der Waals surface area contributed by atoms with Crippen LogP contribution >= 0.6 is 0 Å². The third kappa shape index (κ3) is 4.94. The molecular weight excluding hydrogens is 280 g/mol. The minimum absolute atomic E-state index is 0.108. The van der Waals surface area contributed by atoms with Crippen molar-refractivity contribution in [1.29, 1.82) is 0 Å². The molecule has 114 valence electrons. The van der Waals surface area contributed by atoms with E-state index >= 15 is 0 Å². The number of carbonyl (C=O) groups excluding carboxylic acids is 2. The van der Waals surface area contributed by atoms with Gasteiger partial charge in [0.1, 0.15) is 5.75 Å². The first-order chi connectivity index (χ1) is 10.6. The van der Waals surface area contributed by atoms with Crippen LogP contribution in [0.3, 0.4) is 0 Å². The highest BCUT2D eigenvalue weighted by Gasteiger charge is 2.07. The number of ether oxygens (including phenoxy) is 1. The molecule has 5 heteroatoms. The molecule has 2 N–H and O–H groups in total. The van der Waals surface area contributed by atoms with E-state index in [4.69, 9.17) is 4.74 Å². The van der Waals surface area contributed by atoms with Crippen LogP contribution in [0, 0.1) is 0 Å². The lowest BCUT2D eigenvalue weighted by Crippen LogP contribution is -2.28. The Balaban J connectivity index is 1.85. The number of nitrogens with one attached hydrogen (secondary N) is 2. The smallest absolute Gasteiger partial charge is 0.258 e. The van der Waals surface area contributed by atoms with E-state index in [9.17, 15) is 9.59 Å². The normalized spacial score (nSPS) is 9.86. The molecule has 0 aliphatic heterocycles. The number of hydrogen-bond acceptors (Lipinski definition) is 3. The zero-order valence-corrected chi connectivity index (χ0v) is 12.3. The van der Waals surface area contributed by atoms with Crippen molar-refractivity contribution >= 4 is 17.5 Å².